The largest absolute Gasteiger partial charge is 0.497 e. The van der Waals surface area contributed by atoms with E-state index < -0.39 is 18.0 Å². The van der Waals surface area contributed by atoms with Crippen molar-refractivity contribution in [2.45, 2.75) is 64.3 Å². The number of carbonyl (C=O) groups is 1. The zero-order valence-electron chi connectivity index (χ0n) is 26.8. The van der Waals surface area contributed by atoms with Gasteiger partial charge in [0.2, 0.25) is 0 Å². The first kappa shape index (κ1) is 32.4. The van der Waals surface area contributed by atoms with Crippen LogP contribution < -0.4 is 4.74 Å². The topological polar surface area (TPSA) is 63.2 Å². The molecule has 1 heterocycles. The van der Waals surface area contributed by atoms with Crippen LogP contribution in [0.25, 0.3) is 0 Å². The SMILES string of the molecule is COc1ccc(C(OCC2OC(OC(C)C)C(OC(=O)c3ccccc3)CC2C(C)C)(c2ccccc2)c2ccccc2)cc1. The highest BCUT2D eigenvalue weighted by molar-refractivity contribution is 5.89. The van der Waals surface area contributed by atoms with Crippen molar-refractivity contribution < 1.29 is 28.5 Å². The molecule has 6 nitrogen and oxygen atoms in total. The molecule has 236 valence electrons. The monoisotopic (exact) mass is 608 g/mol. The fourth-order valence-corrected chi connectivity index (χ4v) is 6.16. The van der Waals surface area contributed by atoms with Crippen LogP contribution in [0.1, 0.15) is 61.2 Å². The van der Waals surface area contributed by atoms with E-state index >= 15 is 0 Å². The number of esters is 1. The quantitative estimate of drug-likeness (QED) is 0.120. The van der Waals surface area contributed by atoms with E-state index in [9.17, 15) is 4.79 Å². The van der Waals surface area contributed by atoms with Crippen molar-refractivity contribution >= 4 is 5.97 Å². The first-order valence-corrected chi connectivity index (χ1v) is 15.8. The fraction of sp³-hybridized carbons (Fsp3) is 0.359. The Kier molecular flexibility index (Phi) is 10.7. The van der Waals surface area contributed by atoms with Crippen molar-refractivity contribution in [3.8, 4) is 5.75 Å². The first-order valence-electron chi connectivity index (χ1n) is 15.8. The minimum absolute atomic E-state index is 0.0469. The number of carbonyl (C=O) groups excluding carboxylic acids is 1. The second kappa shape index (κ2) is 14.9. The second-order valence-corrected chi connectivity index (χ2v) is 12.1. The molecule has 6 heteroatoms. The third-order valence-electron chi connectivity index (χ3n) is 8.45. The lowest BCUT2D eigenvalue weighted by molar-refractivity contribution is -0.279. The summed E-state index contributed by atoms with van der Waals surface area (Å²) in [5.74, 6) is 0.672. The Hall–Kier alpha value is -3.97. The maximum absolute atomic E-state index is 13.1. The van der Waals surface area contributed by atoms with Crippen molar-refractivity contribution in [3.05, 3.63) is 138 Å². The molecule has 4 aromatic rings. The molecule has 1 aliphatic rings. The van der Waals surface area contributed by atoms with Crippen LogP contribution in [0.5, 0.6) is 5.75 Å². The van der Waals surface area contributed by atoms with Crippen LogP contribution in [0.15, 0.2) is 115 Å². The molecule has 4 atom stereocenters. The zero-order valence-corrected chi connectivity index (χ0v) is 26.8. The molecule has 0 amide bonds. The lowest BCUT2D eigenvalue weighted by atomic mass is 9.79. The molecule has 45 heavy (non-hydrogen) atoms. The maximum atomic E-state index is 13.1. The van der Waals surface area contributed by atoms with E-state index in [2.05, 4.69) is 50.2 Å². The van der Waals surface area contributed by atoms with Gasteiger partial charge in [0.25, 0.3) is 0 Å². The molecule has 0 bridgehead atoms. The maximum Gasteiger partial charge on any atom is 0.338 e. The molecule has 1 aliphatic heterocycles. The van der Waals surface area contributed by atoms with Gasteiger partial charge in [-0.1, -0.05) is 105 Å². The highest BCUT2D eigenvalue weighted by Crippen LogP contribution is 2.43. The van der Waals surface area contributed by atoms with E-state index in [1.165, 1.54) is 0 Å². The summed E-state index contributed by atoms with van der Waals surface area (Å²) in [6, 6.07) is 37.7. The molecule has 0 spiro atoms. The molecule has 1 fully saturated rings. The van der Waals surface area contributed by atoms with Gasteiger partial charge in [0.15, 0.2) is 12.4 Å². The van der Waals surface area contributed by atoms with E-state index in [-0.39, 0.29) is 36.6 Å². The Morgan fingerprint density at radius 1 is 0.778 bits per heavy atom. The molecule has 0 aromatic heterocycles. The zero-order chi connectivity index (χ0) is 31.8. The smallest absolute Gasteiger partial charge is 0.338 e. The van der Waals surface area contributed by atoms with Crippen molar-refractivity contribution in [3.63, 3.8) is 0 Å². The summed E-state index contributed by atoms with van der Waals surface area (Å²) in [6.45, 7) is 8.55. The molecule has 0 aliphatic carbocycles. The Balaban J connectivity index is 1.49. The molecule has 0 saturated carbocycles. The van der Waals surface area contributed by atoms with Gasteiger partial charge in [-0.2, -0.15) is 0 Å². The van der Waals surface area contributed by atoms with Crippen LogP contribution in [-0.4, -0.2) is 44.3 Å². The molecule has 0 radical (unpaired) electrons. The van der Waals surface area contributed by atoms with E-state index in [1.807, 2.05) is 80.6 Å². The highest BCUT2D eigenvalue weighted by Gasteiger charge is 2.45. The van der Waals surface area contributed by atoms with E-state index in [1.54, 1.807) is 19.2 Å². The number of benzene rings is 4. The van der Waals surface area contributed by atoms with Crippen molar-refractivity contribution in [2.75, 3.05) is 13.7 Å². The summed E-state index contributed by atoms with van der Waals surface area (Å²) in [4.78, 5) is 13.1. The standard InChI is InChI=1S/C39H44O6/c1-27(2)34-25-35(44-37(40)29-15-9-6-10-16-29)38(43-28(3)4)45-36(34)26-42-39(30-17-11-7-12-18-30,31-19-13-8-14-20-31)32-21-23-33(41-5)24-22-32/h6-24,27-28,34-36,38H,25-26H2,1-5H3. The Morgan fingerprint density at radius 3 is 1.82 bits per heavy atom. The highest BCUT2D eigenvalue weighted by atomic mass is 16.7. The van der Waals surface area contributed by atoms with Gasteiger partial charge in [-0.15, -0.1) is 0 Å². The average molecular weight is 609 g/mol. The second-order valence-electron chi connectivity index (χ2n) is 12.1. The summed E-state index contributed by atoms with van der Waals surface area (Å²) in [7, 11) is 1.67. The van der Waals surface area contributed by atoms with Crippen LogP contribution in [0.3, 0.4) is 0 Å². The number of hydrogen-bond acceptors (Lipinski definition) is 6. The predicted octanol–water partition coefficient (Wildman–Crippen LogP) is 8.04. The molecule has 4 aromatic carbocycles. The number of methoxy groups -OCH3 is 1. The third-order valence-corrected chi connectivity index (χ3v) is 8.45. The van der Waals surface area contributed by atoms with Crippen LogP contribution in [0, 0.1) is 11.8 Å². The van der Waals surface area contributed by atoms with Crippen LogP contribution >= 0.6 is 0 Å². The molecular weight excluding hydrogens is 564 g/mol. The average Bonchev–Trinajstić information content (AvgIpc) is 3.07. The van der Waals surface area contributed by atoms with Gasteiger partial charge in [-0.3, -0.25) is 0 Å². The van der Waals surface area contributed by atoms with Gasteiger partial charge in [0.1, 0.15) is 11.4 Å². The van der Waals surface area contributed by atoms with Crippen molar-refractivity contribution in [1.29, 1.82) is 0 Å². The van der Waals surface area contributed by atoms with Gasteiger partial charge >= 0.3 is 5.97 Å². The molecule has 1 saturated heterocycles. The van der Waals surface area contributed by atoms with Crippen molar-refractivity contribution in [1.82, 2.24) is 0 Å². The fourth-order valence-electron chi connectivity index (χ4n) is 6.16. The van der Waals surface area contributed by atoms with Gasteiger partial charge in [-0.25, -0.2) is 4.79 Å². The summed E-state index contributed by atoms with van der Waals surface area (Å²) < 4.78 is 31.7. The van der Waals surface area contributed by atoms with Crippen LogP contribution in [-0.2, 0) is 24.5 Å². The van der Waals surface area contributed by atoms with Gasteiger partial charge in [0.05, 0.1) is 31.5 Å². The summed E-state index contributed by atoms with van der Waals surface area (Å²) in [5.41, 5.74) is 2.56. The minimum atomic E-state index is -0.926. The van der Waals surface area contributed by atoms with Gasteiger partial charge in [-0.05, 0) is 73.1 Å². The predicted molar refractivity (Wildman–Crippen MR) is 175 cm³/mol. The number of rotatable bonds is 12. The molecule has 5 rings (SSSR count). The molecule has 4 unspecified atom stereocenters. The van der Waals surface area contributed by atoms with Gasteiger partial charge in [0, 0.05) is 0 Å². The summed E-state index contributed by atoms with van der Waals surface area (Å²) in [5, 5.41) is 0. The summed E-state index contributed by atoms with van der Waals surface area (Å²) >= 11 is 0. The summed E-state index contributed by atoms with van der Waals surface area (Å²) in [6.07, 6.45) is -1.14. The van der Waals surface area contributed by atoms with Crippen LogP contribution in [0.2, 0.25) is 0 Å². The lowest BCUT2D eigenvalue weighted by Gasteiger charge is -2.44. The Bertz CT molecular complexity index is 1430. The first-order chi connectivity index (χ1) is 21.8. The minimum Gasteiger partial charge on any atom is -0.497 e. The normalized spacial score (nSPS) is 20.2. The Labute approximate surface area is 267 Å². The molecular formula is C39H44O6. The Morgan fingerprint density at radius 2 is 1.31 bits per heavy atom. The van der Waals surface area contributed by atoms with Crippen molar-refractivity contribution in [2.24, 2.45) is 11.8 Å². The van der Waals surface area contributed by atoms with E-state index in [0.717, 1.165) is 22.4 Å². The van der Waals surface area contributed by atoms with Crippen LogP contribution in [0.4, 0.5) is 0 Å². The third kappa shape index (κ3) is 7.47. The number of hydrogen-bond donors (Lipinski definition) is 0. The van der Waals surface area contributed by atoms with Gasteiger partial charge < -0.3 is 23.7 Å². The van der Waals surface area contributed by atoms with E-state index in [4.69, 9.17) is 23.7 Å². The number of ether oxygens (including phenoxy) is 5. The lowest BCUT2D eigenvalue weighted by Crippen LogP contribution is -2.52. The van der Waals surface area contributed by atoms with E-state index in [0.29, 0.717) is 12.0 Å². The molecule has 0 N–H and O–H groups in total.